The normalized spacial score (nSPS) is 23.9. The molecular weight excluding hydrogens is 282 g/mol. The smallest absolute Gasteiger partial charge is 0.229 e. The van der Waals surface area contributed by atoms with Crippen molar-refractivity contribution < 1.29 is 16.8 Å². The van der Waals surface area contributed by atoms with E-state index >= 15 is 0 Å². The Labute approximate surface area is 105 Å². The molecule has 96 valence electrons. The summed E-state index contributed by atoms with van der Waals surface area (Å²) < 4.78 is 48.7. The maximum Gasteiger partial charge on any atom is 0.250 e. The first-order chi connectivity index (χ1) is 7.89. The third-order valence-electron chi connectivity index (χ3n) is 2.65. The molecule has 1 N–H and O–H groups in total. The minimum Gasteiger partial charge on any atom is -0.229 e. The van der Waals surface area contributed by atoms with Crippen LogP contribution in [0.3, 0.4) is 0 Å². The minimum absolute atomic E-state index is 0.0833. The molecule has 0 unspecified atom stereocenters. The predicted octanol–water partition coefficient (Wildman–Crippen LogP) is 0.461. The first kappa shape index (κ1) is 13.0. The highest BCUT2D eigenvalue weighted by atomic mass is 32.2. The third-order valence-corrected chi connectivity index (χ3v) is 7.31. The van der Waals surface area contributed by atoms with E-state index < -0.39 is 19.9 Å². The van der Waals surface area contributed by atoms with Crippen molar-refractivity contribution in [3.63, 3.8) is 0 Å². The Balaban J connectivity index is 1.96. The van der Waals surface area contributed by atoms with Gasteiger partial charge in [0.25, 0.3) is 0 Å². The van der Waals surface area contributed by atoms with Crippen molar-refractivity contribution in [1.82, 2.24) is 4.72 Å². The van der Waals surface area contributed by atoms with Gasteiger partial charge in [-0.1, -0.05) is 6.07 Å². The van der Waals surface area contributed by atoms with Gasteiger partial charge in [-0.15, -0.1) is 11.3 Å². The van der Waals surface area contributed by atoms with E-state index in [-0.39, 0.29) is 28.2 Å². The molecule has 0 amide bonds. The van der Waals surface area contributed by atoms with Crippen LogP contribution in [0.4, 0.5) is 0 Å². The van der Waals surface area contributed by atoms with Gasteiger partial charge in [-0.3, -0.25) is 0 Å². The lowest BCUT2D eigenvalue weighted by Crippen LogP contribution is -2.29. The second-order valence-corrected chi connectivity index (χ2v) is 9.22. The maximum absolute atomic E-state index is 11.8. The summed E-state index contributed by atoms with van der Waals surface area (Å²) in [5.74, 6) is 0.146. The Kier molecular flexibility index (Phi) is 3.58. The fourth-order valence-corrected chi connectivity index (χ4v) is 5.76. The van der Waals surface area contributed by atoms with Crippen LogP contribution in [0.5, 0.6) is 0 Å². The molecule has 1 aliphatic heterocycles. The molecule has 1 fully saturated rings. The summed E-state index contributed by atoms with van der Waals surface area (Å²) in [6, 6.07) is 3.19. The van der Waals surface area contributed by atoms with Gasteiger partial charge in [0.05, 0.1) is 11.5 Å². The molecule has 0 aliphatic carbocycles. The van der Waals surface area contributed by atoms with Crippen LogP contribution < -0.4 is 4.72 Å². The topological polar surface area (TPSA) is 80.3 Å². The molecule has 1 aromatic heterocycles. The lowest BCUT2D eigenvalue weighted by Gasteiger charge is -2.08. The van der Waals surface area contributed by atoms with Gasteiger partial charge in [0.1, 0.15) is 4.21 Å². The molecule has 0 spiro atoms. The van der Waals surface area contributed by atoms with Crippen molar-refractivity contribution in [3.8, 4) is 0 Å². The molecule has 1 aliphatic rings. The van der Waals surface area contributed by atoms with Crippen LogP contribution in [0.1, 0.15) is 6.42 Å². The van der Waals surface area contributed by atoms with Crippen molar-refractivity contribution in [2.24, 2.45) is 5.92 Å². The quantitative estimate of drug-likeness (QED) is 0.875. The van der Waals surface area contributed by atoms with Crippen molar-refractivity contribution in [3.05, 3.63) is 17.5 Å². The Hall–Kier alpha value is -0.440. The van der Waals surface area contributed by atoms with E-state index in [4.69, 9.17) is 0 Å². The first-order valence-corrected chi connectivity index (χ1v) is 9.31. The zero-order valence-corrected chi connectivity index (χ0v) is 11.4. The van der Waals surface area contributed by atoms with Gasteiger partial charge in [0.2, 0.25) is 10.0 Å². The minimum atomic E-state index is -3.47. The second-order valence-electron chi connectivity index (χ2n) is 4.05. The SMILES string of the molecule is O=S1(=O)CC[C@H](CNS(=O)(=O)c2cccs2)C1. The number of sulfone groups is 1. The van der Waals surface area contributed by atoms with Gasteiger partial charge < -0.3 is 0 Å². The third kappa shape index (κ3) is 3.27. The van der Waals surface area contributed by atoms with Gasteiger partial charge in [-0.05, 0) is 23.8 Å². The fourth-order valence-electron chi connectivity index (χ4n) is 1.75. The maximum atomic E-state index is 11.8. The molecule has 2 heterocycles. The highest BCUT2D eigenvalue weighted by Crippen LogP contribution is 2.19. The summed E-state index contributed by atoms with van der Waals surface area (Å²) >= 11 is 1.14. The van der Waals surface area contributed by atoms with Gasteiger partial charge >= 0.3 is 0 Å². The number of hydrogen-bond acceptors (Lipinski definition) is 5. The Morgan fingerprint density at radius 2 is 2.24 bits per heavy atom. The van der Waals surface area contributed by atoms with E-state index in [9.17, 15) is 16.8 Å². The monoisotopic (exact) mass is 295 g/mol. The number of sulfonamides is 1. The average Bonchev–Trinajstić information content (AvgIpc) is 2.84. The molecule has 2 rings (SSSR count). The molecule has 0 bridgehead atoms. The molecule has 1 aromatic rings. The van der Waals surface area contributed by atoms with E-state index in [0.717, 1.165) is 11.3 Å². The van der Waals surface area contributed by atoms with E-state index in [1.807, 2.05) is 0 Å². The molecule has 8 heteroatoms. The van der Waals surface area contributed by atoms with Crippen LogP contribution in [0.25, 0.3) is 0 Å². The van der Waals surface area contributed by atoms with E-state index in [1.165, 1.54) is 6.07 Å². The van der Waals surface area contributed by atoms with E-state index in [0.29, 0.717) is 6.42 Å². The van der Waals surface area contributed by atoms with Crippen molar-refractivity contribution >= 4 is 31.2 Å². The van der Waals surface area contributed by atoms with Gasteiger partial charge in [0.15, 0.2) is 9.84 Å². The van der Waals surface area contributed by atoms with Gasteiger partial charge in [-0.25, -0.2) is 21.6 Å². The van der Waals surface area contributed by atoms with Gasteiger partial charge in [-0.2, -0.15) is 0 Å². The second kappa shape index (κ2) is 4.68. The lowest BCUT2D eigenvalue weighted by molar-refractivity contribution is 0.544. The molecule has 5 nitrogen and oxygen atoms in total. The van der Waals surface area contributed by atoms with Crippen molar-refractivity contribution in [2.75, 3.05) is 18.1 Å². The Morgan fingerprint density at radius 3 is 2.76 bits per heavy atom. The highest BCUT2D eigenvalue weighted by Gasteiger charge is 2.29. The van der Waals surface area contributed by atoms with Crippen LogP contribution >= 0.6 is 11.3 Å². The average molecular weight is 295 g/mol. The molecule has 1 saturated heterocycles. The summed E-state index contributed by atoms with van der Waals surface area (Å²) in [6.45, 7) is 0.194. The van der Waals surface area contributed by atoms with Crippen LogP contribution in [0, 0.1) is 5.92 Å². The molecule has 0 aromatic carbocycles. The summed E-state index contributed by atoms with van der Waals surface area (Å²) in [6.07, 6.45) is 0.537. The molecule has 17 heavy (non-hydrogen) atoms. The van der Waals surface area contributed by atoms with Crippen LogP contribution in [-0.4, -0.2) is 34.9 Å². The highest BCUT2D eigenvalue weighted by molar-refractivity contribution is 7.92. The van der Waals surface area contributed by atoms with Crippen molar-refractivity contribution in [2.45, 2.75) is 10.6 Å². The van der Waals surface area contributed by atoms with E-state index in [2.05, 4.69) is 4.72 Å². The van der Waals surface area contributed by atoms with Crippen LogP contribution in [-0.2, 0) is 19.9 Å². The largest absolute Gasteiger partial charge is 0.250 e. The Morgan fingerprint density at radius 1 is 1.47 bits per heavy atom. The van der Waals surface area contributed by atoms with Gasteiger partial charge in [0, 0.05) is 6.54 Å². The lowest BCUT2D eigenvalue weighted by atomic mass is 10.1. The van der Waals surface area contributed by atoms with E-state index in [1.54, 1.807) is 11.4 Å². The summed E-state index contributed by atoms with van der Waals surface area (Å²) in [5, 5.41) is 1.69. The standard InChI is InChI=1S/C9H13NO4S3/c11-16(12)5-3-8(7-16)6-10-17(13,14)9-2-1-4-15-9/h1-2,4,8,10H,3,5-7H2/t8-/m1/s1. The summed E-state index contributed by atoms with van der Waals surface area (Å²) in [4.78, 5) is 0. The zero-order chi connectivity index (χ0) is 12.5. The molecule has 0 radical (unpaired) electrons. The first-order valence-electron chi connectivity index (χ1n) is 5.13. The number of hydrogen-bond donors (Lipinski definition) is 1. The number of nitrogens with one attached hydrogen (secondary N) is 1. The predicted molar refractivity (Wildman–Crippen MR) is 66.3 cm³/mol. The summed E-state index contributed by atoms with van der Waals surface area (Å²) in [5.41, 5.74) is 0. The van der Waals surface area contributed by atoms with Crippen LogP contribution in [0.2, 0.25) is 0 Å². The molecular formula is C9H13NO4S3. The fraction of sp³-hybridized carbons (Fsp3) is 0.556. The van der Waals surface area contributed by atoms with Crippen molar-refractivity contribution in [1.29, 1.82) is 0 Å². The summed E-state index contributed by atoms with van der Waals surface area (Å²) in [7, 11) is -6.42. The number of thiophene rings is 1. The zero-order valence-electron chi connectivity index (χ0n) is 9.00. The van der Waals surface area contributed by atoms with Crippen LogP contribution in [0.15, 0.2) is 21.7 Å². The molecule has 1 atom stereocenters. The Bertz CT molecular complexity index is 574. The number of rotatable bonds is 4. The molecule has 0 saturated carbocycles.